The van der Waals surface area contributed by atoms with E-state index >= 15 is 0 Å². The van der Waals surface area contributed by atoms with Crippen molar-refractivity contribution in [2.45, 2.75) is 31.4 Å². The fourth-order valence-corrected chi connectivity index (χ4v) is 3.47. The Balaban J connectivity index is 1.41. The van der Waals surface area contributed by atoms with Gasteiger partial charge in [-0.1, -0.05) is 6.07 Å². The number of carbonyl (C=O) groups excluding carboxylic acids is 1. The highest BCUT2D eigenvalue weighted by atomic mass is 16.5. The molecule has 0 spiro atoms. The molecule has 1 saturated carbocycles. The predicted molar refractivity (Wildman–Crippen MR) is 80.2 cm³/mol. The van der Waals surface area contributed by atoms with Crippen LogP contribution >= 0.6 is 0 Å². The largest absolute Gasteiger partial charge is 0.379 e. The maximum atomic E-state index is 12.6. The van der Waals surface area contributed by atoms with Gasteiger partial charge >= 0.3 is 0 Å². The SMILES string of the molecule is O=C(Cc1ccccn1)N1C[C@H](OCC2CC2)[C@H]2COC[C@H]21. The van der Waals surface area contributed by atoms with Crippen molar-refractivity contribution in [2.75, 3.05) is 26.4 Å². The van der Waals surface area contributed by atoms with E-state index in [1.807, 2.05) is 23.1 Å². The summed E-state index contributed by atoms with van der Waals surface area (Å²) in [6, 6.07) is 5.87. The van der Waals surface area contributed by atoms with Gasteiger partial charge in [0.25, 0.3) is 0 Å². The number of likely N-dealkylation sites (tertiary alicyclic amines) is 1. The zero-order valence-corrected chi connectivity index (χ0v) is 12.7. The molecule has 0 N–H and O–H groups in total. The number of pyridine rings is 1. The molecule has 118 valence electrons. The lowest BCUT2D eigenvalue weighted by Crippen LogP contribution is -2.39. The van der Waals surface area contributed by atoms with E-state index in [0.29, 0.717) is 32.1 Å². The van der Waals surface area contributed by atoms with Crippen molar-refractivity contribution in [3.63, 3.8) is 0 Å². The average Bonchev–Trinajstić information content (AvgIpc) is 3.11. The summed E-state index contributed by atoms with van der Waals surface area (Å²) in [4.78, 5) is 18.8. The highest BCUT2D eigenvalue weighted by Crippen LogP contribution is 2.35. The van der Waals surface area contributed by atoms with Gasteiger partial charge in [0, 0.05) is 31.0 Å². The highest BCUT2D eigenvalue weighted by Gasteiger charge is 2.48. The number of nitrogens with zero attached hydrogens (tertiary/aromatic N) is 2. The number of aromatic nitrogens is 1. The number of amides is 1. The summed E-state index contributed by atoms with van der Waals surface area (Å²) in [5.74, 6) is 1.22. The van der Waals surface area contributed by atoms with Gasteiger partial charge in [-0.25, -0.2) is 0 Å². The van der Waals surface area contributed by atoms with Crippen molar-refractivity contribution in [2.24, 2.45) is 11.8 Å². The maximum Gasteiger partial charge on any atom is 0.229 e. The average molecular weight is 302 g/mol. The summed E-state index contributed by atoms with van der Waals surface area (Å²) in [5, 5.41) is 0. The molecule has 0 bridgehead atoms. The molecule has 0 unspecified atom stereocenters. The van der Waals surface area contributed by atoms with Gasteiger partial charge < -0.3 is 14.4 Å². The van der Waals surface area contributed by atoms with Crippen LogP contribution in [0.15, 0.2) is 24.4 Å². The molecule has 3 aliphatic rings. The second-order valence-corrected chi connectivity index (χ2v) is 6.63. The summed E-state index contributed by atoms with van der Waals surface area (Å²) in [6.07, 6.45) is 4.81. The number of rotatable bonds is 5. The fraction of sp³-hybridized carbons (Fsp3) is 0.647. The molecule has 3 heterocycles. The number of hydrogen-bond donors (Lipinski definition) is 0. The molecule has 2 saturated heterocycles. The number of ether oxygens (including phenoxy) is 2. The van der Waals surface area contributed by atoms with E-state index in [4.69, 9.17) is 9.47 Å². The number of hydrogen-bond acceptors (Lipinski definition) is 4. The van der Waals surface area contributed by atoms with Crippen LogP contribution in [0.4, 0.5) is 0 Å². The Morgan fingerprint density at radius 1 is 1.36 bits per heavy atom. The van der Waals surface area contributed by atoms with Crippen LogP contribution in [0.5, 0.6) is 0 Å². The van der Waals surface area contributed by atoms with Gasteiger partial charge in [-0.3, -0.25) is 9.78 Å². The summed E-state index contributed by atoms with van der Waals surface area (Å²) in [5.41, 5.74) is 0.824. The van der Waals surface area contributed by atoms with Gasteiger partial charge in [0.05, 0.1) is 31.8 Å². The minimum Gasteiger partial charge on any atom is -0.379 e. The lowest BCUT2D eigenvalue weighted by Gasteiger charge is -2.22. The van der Waals surface area contributed by atoms with Crippen LogP contribution < -0.4 is 0 Å². The van der Waals surface area contributed by atoms with Crippen LogP contribution in [0.25, 0.3) is 0 Å². The first kappa shape index (κ1) is 14.2. The molecule has 0 radical (unpaired) electrons. The third-order valence-electron chi connectivity index (χ3n) is 4.97. The van der Waals surface area contributed by atoms with Crippen LogP contribution in [0, 0.1) is 11.8 Å². The Morgan fingerprint density at radius 2 is 2.27 bits per heavy atom. The summed E-state index contributed by atoms with van der Waals surface area (Å²) in [7, 11) is 0. The minimum atomic E-state index is 0.136. The van der Waals surface area contributed by atoms with Crippen molar-refractivity contribution in [1.82, 2.24) is 9.88 Å². The summed E-state index contributed by atoms with van der Waals surface area (Å²) >= 11 is 0. The Kier molecular flexibility index (Phi) is 3.84. The van der Waals surface area contributed by atoms with E-state index in [9.17, 15) is 4.79 Å². The Labute approximate surface area is 130 Å². The normalized spacial score (nSPS) is 30.5. The molecule has 5 heteroatoms. The van der Waals surface area contributed by atoms with Crippen LogP contribution in [0.2, 0.25) is 0 Å². The Hall–Kier alpha value is -1.46. The molecule has 1 aromatic heterocycles. The van der Waals surface area contributed by atoms with Gasteiger partial charge in [-0.05, 0) is 30.9 Å². The molecule has 5 nitrogen and oxygen atoms in total. The van der Waals surface area contributed by atoms with E-state index in [-0.39, 0.29) is 18.1 Å². The molecular weight excluding hydrogens is 280 g/mol. The van der Waals surface area contributed by atoms with Crippen molar-refractivity contribution in [1.29, 1.82) is 0 Å². The molecule has 3 atom stereocenters. The van der Waals surface area contributed by atoms with E-state index in [0.717, 1.165) is 18.2 Å². The molecular formula is C17H22N2O3. The van der Waals surface area contributed by atoms with Gasteiger partial charge in [0.1, 0.15) is 0 Å². The maximum absolute atomic E-state index is 12.6. The first-order chi connectivity index (χ1) is 10.8. The molecule has 22 heavy (non-hydrogen) atoms. The smallest absolute Gasteiger partial charge is 0.229 e. The van der Waals surface area contributed by atoms with Gasteiger partial charge in [-0.2, -0.15) is 0 Å². The van der Waals surface area contributed by atoms with Crippen molar-refractivity contribution in [3.05, 3.63) is 30.1 Å². The zero-order valence-electron chi connectivity index (χ0n) is 12.7. The number of fused-ring (bicyclic) bond motifs is 1. The van der Waals surface area contributed by atoms with Gasteiger partial charge in [-0.15, -0.1) is 0 Å². The molecule has 4 rings (SSSR count). The van der Waals surface area contributed by atoms with Crippen molar-refractivity contribution in [3.8, 4) is 0 Å². The van der Waals surface area contributed by atoms with Crippen molar-refractivity contribution < 1.29 is 14.3 Å². The third-order valence-corrected chi connectivity index (χ3v) is 4.97. The molecule has 0 aromatic carbocycles. The first-order valence-corrected chi connectivity index (χ1v) is 8.20. The highest BCUT2D eigenvalue weighted by molar-refractivity contribution is 5.79. The van der Waals surface area contributed by atoms with Crippen molar-refractivity contribution >= 4 is 5.91 Å². The quantitative estimate of drug-likeness (QED) is 0.822. The van der Waals surface area contributed by atoms with Crippen LogP contribution in [-0.2, 0) is 20.7 Å². The molecule has 1 aromatic rings. The Morgan fingerprint density at radius 3 is 3.05 bits per heavy atom. The second kappa shape index (κ2) is 5.97. The topological polar surface area (TPSA) is 51.7 Å². The minimum absolute atomic E-state index is 0.136. The van der Waals surface area contributed by atoms with Crippen LogP contribution in [-0.4, -0.2) is 54.3 Å². The van der Waals surface area contributed by atoms with Crippen LogP contribution in [0.3, 0.4) is 0 Å². The molecule has 1 aliphatic carbocycles. The van der Waals surface area contributed by atoms with Crippen LogP contribution in [0.1, 0.15) is 18.5 Å². The lowest BCUT2D eigenvalue weighted by atomic mass is 10.0. The summed E-state index contributed by atoms with van der Waals surface area (Å²) in [6.45, 7) is 2.91. The fourth-order valence-electron chi connectivity index (χ4n) is 3.47. The van der Waals surface area contributed by atoms with E-state index in [1.54, 1.807) is 6.20 Å². The molecule has 2 aliphatic heterocycles. The van der Waals surface area contributed by atoms with E-state index < -0.39 is 0 Å². The predicted octanol–water partition coefficient (Wildman–Crippen LogP) is 1.28. The lowest BCUT2D eigenvalue weighted by molar-refractivity contribution is -0.132. The molecule has 3 fully saturated rings. The standard InChI is InChI=1S/C17H22N2O3/c20-17(7-13-3-1-2-6-18-13)19-8-16(22-9-12-4-5-12)14-10-21-11-15(14)19/h1-3,6,12,14-16H,4-5,7-11H2/t14-,15+,16-/m0/s1. The monoisotopic (exact) mass is 302 g/mol. The third kappa shape index (κ3) is 2.88. The second-order valence-electron chi connectivity index (χ2n) is 6.63. The first-order valence-electron chi connectivity index (χ1n) is 8.20. The van der Waals surface area contributed by atoms with Gasteiger partial charge in [0.2, 0.25) is 5.91 Å². The number of carbonyl (C=O) groups is 1. The zero-order chi connectivity index (χ0) is 14.9. The van der Waals surface area contributed by atoms with E-state index in [2.05, 4.69) is 4.98 Å². The molecule has 1 amide bonds. The van der Waals surface area contributed by atoms with Gasteiger partial charge in [0.15, 0.2) is 0 Å². The Bertz CT molecular complexity index is 532. The summed E-state index contributed by atoms with van der Waals surface area (Å²) < 4.78 is 11.7. The van der Waals surface area contributed by atoms with E-state index in [1.165, 1.54) is 12.8 Å².